The molecule has 0 aliphatic carbocycles. The normalized spacial score (nSPS) is 16.8. The number of alkyl carbamates (subject to hydrolysis) is 1. The molecule has 2 aliphatic rings. The van der Waals surface area contributed by atoms with Crippen LogP contribution in [0.4, 0.5) is 14.4 Å². The Labute approximate surface area is 386 Å². The number of likely N-dealkylation sites (tertiary alicyclic amines) is 2. The molecule has 4 atom stereocenters. The van der Waals surface area contributed by atoms with Crippen molar-refractivity contribution in [1.82, 2.24) is 49.9 Å². The number of aromatic nitrogens is 6. The average Bonchev–Trinajstić information content (AvgIpc) is 4.18. The second-order valence-corrected chi connectivity index (χ2v) is 16.9. The first-order valence-corrected chi connectivity index (χ1v) is 22.2. The van der Waals surface area contributed by atoms with E-state index < -0.39 is 30.4 Å². The summed E-state index contributed by atoms with van der Waals surface area (Å²) in [6.45, 7) is 4.90. The number of aromatic amines is 2. The van der Waals surface area contributed by atoms with E-state index in [-0.39, 0.29) is 43.0 Å². The van der Waals surface area contributed by atoms with Crippen molar-refractivity contribution >= 4 is 41.1 Å². The Hall–Kier alpha value is -7.67. The van der Waals surface area contributed by atoms with Crippen LogP contribution in [0.3, 0.4) is 0 Å². The van der Waals surface area contributed by atoms with Crippen molar-refractivity contribution in [3.05, 3.63) is 109 Å². The van der Waals surface area contributed by atoms with Gasteiger partial charge in [0.2, 0.25) is 11.8 Å². The zero-order chi connectivity index (χ0) is 47.2. The highest BCUT2D eigenvalue weighted by Crippen LogP contribution is 2.35. The molecule has 2 aliphatic heterocycles. The second-order valence-electron chi connectivity index (χ2n) is 16.9. The second kappa shape index (κ2) is 20.2. The van der Waals surface area contributed by atoms with Crippen LogP contribution in [0.5, 0.6) is 0 Å². The minimum absolute atomic E-state index is 0.0245. The zero-order valence-electron chi connectivity index (χ0n) is 37.7. The van der Waals surface area contributed by atoms with Crippen LogP contribution in [-0.2, 0) is 30.4 Å². The molecule has 6 aromatic rings. The van der Waals surface area contributed by atoms with Gasteiger partial charge in [-0.15, -0.1) is 0 Å². The number of likely N-dealkylation sites (N-methyl/N-ethyl adjacent to an activating group) is 1. The van der Waals surface area contributed by atoms with Gasteiger partial charge in [-0.25, -0.2) is 29.3 Å². The Morgan fingerprint density at radius 2 is 1.49 bits per heavy atom. The molecule has 8 rings (SSSR count). The molecule has 2 saturated heterocycles. The maximum atomic E-state index is 13.9. The van der Waals surface area contributed by atoms with Gasteiger partial charge in [0.05, 0.1) is 72.9 Å². The first-order valence-electron chi connectivity index (χ1n) is 22.2. The average molecular weight is 912 g/mol. The minimum atomic E-state index is -1.24. The fourth-order valence-corrected chi connectivity index (χ4v) is 8.85. The number of nitrogens with zero attached hydrogens (tertiary/aromatic N) is 7. The Balaban J connectivity index is 0.917. The molecule has 3 aromatic heterocycles. The van der Waals surface area contributed by atoms with E-state index in [2.05, 4.69) is 20.0 Å². The van der Waals surface area contributed by atoms with E-state index in [1.165, 1.54) is 14.2 Å². The highest BCUT2D eigenvalue weighted by atomic mass is 16.6. The number of hydrogen-bond donors (Lipinski definition) is 4. The molecular formula is C48H53N11O8. The highest BCUT2D eigenvalue weighted by Gasteiger charge is 2.41. The molecule has 0 spiro atoms. The van der Waals surface area contributed by atoms with Gasteiger partial charge in [-0.3, -0.25) is 19.5 Å². The van der Waals surface area contributed by atoms with Crippen LogP contribution in [0.25, 0.3) is 44.8 Å². The number of hydrogen-bond acceptors (Lipinski definition) is 12. The number of nitrogens with two attached hydrogens (primary N) is 1. The summed E-state index contributed by atoms with van der Waals surface area (Å²) < 4.78 is 15.2. The number of primary amides is 1. The monoisotopic (exact) mass is 911 g/mol. The predicted molar refractivity (Wildman–Crippen MR) is 245 cm³/mol. The van der Waals surface area contributed by atoms with Crippen molar-refractivity contribution in [2.75, 3.05) is 33.9 Å². The molecule has 0 bridgehead atoms. The van der Waals surface area contributed by atoms with Gasteiger partial charge in [0.15, 0.2) is 0 Å². The number of imidazole rings is 2. The molecule has 3 aromatic carbocycles. The molecule has 5 amide bonds. The number of rotatable bonds is 14. The van der Waals surface area contributed by atoms with Crippen molar-refractivity contribution in [2.45, 2.75) is 70.3 Å². The van der Waals surface area contributed by atoms with Crippen molar-refractivity contribution in [3.8, 4) is 33.8 Å². The van der Waals surface area contributed by atoms with Gasteiger partial charge >= 0.3 is 18.3 Å². The number of benzene rings is 3. The van der Waals surface area contributed by atoms with E-state index in [0.29, 0.717) is 60.0 Å². The van der Waals surface area contributed by atoms with Crippen LogP contribution in [0, 0.1) is 5.92 Å². The van der Waals surface area contributed by atoms with Crippen LogP contribution < -0.4 is 11.1 Å². The first-order chi connectivity index (χ1) is 32.4. The number of fused-ring (bicyclic) bond motifs is 1. The van der Waals surface area contributed by atoms with Gasteiger partial charge in [0.1, 0.15) is 23.7 Å². The zero-order valence-corrected chi connectivity index (χ0v) is 37.7. The van der Waals surface area contributed by atoms with Crippen LogP contribution in [0.2, 0.25) is 0 Å². The van der Waals surface area contributed by atoms with Gasteiger partial charge < -0.3 is 45.0 Å². The molecule has 2 fully saturated rings. The van der Waals surface area contributed by atoms with Gasteiger partial charge in [-0.1, -0.05) is 74.5 Å². The van der Waals surface area contributed by atoms with Gasteiger partial charge in [-0.05, 0) is 49.3 Å². The van der Waals surface area contributed by atoms with Gasteiger partial charge in [0, 0.05) is 43.0 Å². The number of nitrogens with one attached hydrogen (secondary N) is 3. The maximum absolute atomic E-state index is 13.9. The summed E-state index contributed by atoms with van der Waals surface area (Å²) in [5, 5.41) is 2.65. The molecule has 5 N–H and O–H groups in total. The molecular weight excluding hydrogens is 859 g/mol. The van der Waals surface area contributed by atoms with E-state index in [1.54, 1.807) is 22.2 Å². The lowest BCUT2D eigenvalue weighted by Crippen LogP contribution is -2.52. The third-order valence-corrected chi connectivity index (χ3v) is 12.2. The van der Waals surface area contributed by atoms with Gasteiger partial charge in [-0.2, -0.15) is 0 Å². The first kappa shape index (κ1) is 45.9. The number of carbonyl (C=O) groups is 5. The lowest BCUT2D eigenvalue weighted by atomic mass is 10.0. The topological polar surface area (TPSA) is 244 Å². The van der Waals surface area contributed by atoms with Crippen LogP contribution >= 0.6 is 0 Å². The Morgan fingerprint density at radius 1 is 0.821 bits per heavy atom. The van der Waals surface area contributed by atoms with Crippen LogP contribution in [-0.4, -0.2) is 121 Å². The van der Waals surface area contributed by atoms with Gasteiger partial charge in [0.25, 0.3) is 0 Å². The summed E-state index contributed by atoms with van der Waals surface area (Å²) in [5.74, 6) is 0.465. The summed E-state index contributed by atoms with van der Waals surface area (Å²) in [7, 11) is 2.67. The van der Waals surface area contributed by atoms with Crippen LogP contribution in [0.1, 0.15) is 68.8 Å². The summed E-state index contributed by atoms with van der Waals surface area (Å²) in [4.78, 5) is 94.2. The maximum Gasteiger partial charge on any atom is 0.419 e. The van der Waals surface area contributed by atoms with E-state index >= 15 is 0 Å². The third kappa shape index (κ3) is 10.3. The largest absolute Gasteiger partial charge is 0.453 e. The third-order valence-electron chi connectivity index (χ3n) is 12.2. The molecule has 67 heavy (non-hydrogen) atoms. The molecule has 348 valence electrons. The smallest absolute Gasteiger partial charge is 0.419 e. The Morgan fingerprint density at radius 3 is 2.18 bits per heavy atom. The van der Waals surface area contributed by atoms with E-state index in [9.17, 15) is 24.0 Å². The SMILES string of the molecule is COC(=O)N[C@@H](COCc1ccccc1)C(=O)N1CCC[C@H]1c1ncc(-c2ccc3nc(-c4ccc(-c5c[nH]c([C@@H]6CCCN6C(=O)[C@H](C(C)C)N(C)C(=O)OC(N)=O)n5)cc4)cnc3c2)[nH]1. The fourth-order valence-electron chi connectivity index (χ4n) is 8.85. The number of H-pyrrole nitrogens is 2. The van der Waals surface area contributed by atoms with Crippen molar-refractivity contribution in [3.63, 3.8) is 0 Å². The van der Waals surface area contributed by atoms with E-state index in [0.717, 1.165) is 45.7 Å². The minimum Gasteiger partial charge on any atom is -0.453 e. The Kier molecular flexibility index (Phi) is 13.9. The molecule has 19 nitrogen and oxygen atoms in total. The van der Waals surface area contributed by atoms with Crippen LogP contribution in [0.15, 0.2) is 91.4 Å². The standard InChI is InChI=1S/C48H53N11O8/c1-28(2)41(57(3)48(64)67-46(49)62)45(61)59-21-9-13-40(59)43-51-24-36(54-43)31-16-14-30(15-17-31)35-23-50-34-22-32(18-19-33(34)53-35)37-25-52-42(55-37)39-12-8-20-58(39)44(60)38(56-47(63)65-4)27-66-26-29-10-6-5-7-11-29/h5-7,10-11,14-19,22-25,28,38-41H,8-9,12-13,20-21,26-27H2,1-4H3,(H2,49,62)(H,51,54)(H,52,55)(H,56,63)/t38-,39-,40-,41-/m0/s1. The van der Waals surface area contributed by atoms with E-state index in [4.69, 9.17) is 35.1 Å². The predicted octanol–water partition coefficient (Wildman–Crippen LogP) is 6.52. The molecule has 5 heterocycles. The van der Waals surface area contributed by atoms with Crippen molar-refractivity contribution < 1.29 is 38.2 Å². The summed E-state index contributed by atoms with van der Waals surface area (Å²) in [5.41, 5.74) is 12.1. The molecule has 0 unspecified atom stereocenters. The summed E-state index contributed by atoms with van der Waals surface area (Å²) >= 11 is 0. The number of carbonyl (C=O) groups excluding carboxylic acids is 5. The molecule has 19 heteroatoms. The fraction of sp³-hybridized carbons (Fsp3) is 0.354. The van der Waals surface area contributed by atoms with Crippen molar-refractivity contribution in [1.29, 1.82) is 0 Å². The number of methoxy groups -OCH3 is 1. The number of ether oxygens (including phenoxy) is 3. The quantitative estimate of drug-likeness (QED) is 0.0854. The lowest BCUT2D eigenvalue weighted by Gasteiger charge is -2.34. The summed E-state index contributed by atoms with van der Waals surface area (Å²) in [6, 6.07) is 20.8. The summed E-state index contributed by atoms with van der Waals surface area (Å²) in [6.07, 6.45) is 5.28. The molecule has 0 saturated carbocycles. The Bertz CT molecular complexity index is 2740. The van der Waals surface area contributed by atoms with Crippen molar-refractivity contribution in [2.24, 2.45) is 11.7 Å². The van der Waals surface area contributed by atoms with E-state index in [1.807, 2.05) is 92.8 Å². The molecule has 0 radical (unpaired) electrons. The highest BCUT2D eigenvalue weighted by molar-refractivity contribution is 5.89. The number of amides is 5. The lowest BCUT2D eigenvalue weighted by molar-refractivity contribution is -0.138.